The molecule has 8 nitrogen and oxygen atoms in total. The van der Waals surface area contributed by atoms with E-state index in [0.29, 0.717) is 17.4 Å². The Morgan fingerprint density at radius 3 is 2.96 bits per heavy atom. The number of anilines is 1. The van der Waals surface area contributed by atoms with Crippen molar-refractivity contribution in [2.75, 3.05) is 30.8 Å². The lowest BCUT2D eigenvalue weighted by Crippen LogP contribution is -2.32. The second-order valence-electron chi connectivity index (χ2n) is 6.12. The third-order valence-electron chi connectivity index (χ3n) is 4.34. The van der Waals surface area contributed by atoms with E-state index in [0.717, 1.165) is 28.1 Å². The normalized spacial score (nSPS) is 20.8. The minimum Gasteiger partial charge on any atom is -0.376 e. The van der Waals surface area contributed by atoms with Crippen LogP contribution in [0.5, 0.6) is 0 Å². The highest BCUT2D eigenvalue weighted by Gasteiger charge is 2.40. The number of sulfonamides is 1. The molecule has 144 valence electrons. The zero-order valence-electron chi connectivity index (χ0n) is 14.3. The predicted octanol–water partition coefficient (Wildman–Crippen LogP) is 2.07. The molecule has 11 heteroatoms. The number of hydrogen-bond donors (Lipinski definition) is 1. The van der Waals surface area contributed by atoms with Crippen molar-refractivity contribution in [1.82, 2.24) is 14.5 Å². The summed E-state index contributed by atoms with van der Waals surface area (Å²) in [5.74, 6) is -0.0540. The first-order chi connectivity index (χ1) is 13.1. The highest BCUT2D eigenvalue weighted by molar-refractivity contribution is 8.01. The van der Waals surface area contributed by atoms with E-state index in [1.807, 2.05) is 0 Å². The zero-order chi connectivity index (χ0) is 18.9. The Morgan fingerprint density at radius 2 is 2.19 bits per heavy atom. The molecule has 0 aliphatic carbocycles. The Bertz CT molecular complexity index is 941. The van der Waals surface area contributed by atoms with Gasteiger partial charge in [-0.05, 0) is 25.0 Å². The van der Waals surface area contributed by atoms with E-state index in [1.165, 1.54) is 29.2 Å². The highest BCUT2D eigenvalue weighted by Crippen LogP contribution is 2.31. The van der Waals surface area contributed by atoms with Crippen LogP contribution in [0.3, 0.4) is 0 Å². The van der Waals surface area contributed by atoms with Gasteiger partial charge in [-0.1, -0.05) is 35.2 Å². The molecule has 2 aliphatic heterocycles. The van der Waals surface area contributed by atoms with E-state index >= 15 is 0 Å². The van der Waals surface area contributed by atoms with E-state index < -0.39 is 15.9 Å². The molecule has 1 fully saturated rings. The number of ether oxygens (including phenoxy) is 1. The van der Waals surface area contributed by atoms with Gasteiger partial charge in [0.1, 0.15) is 4.90 Å². The van der Waals surface area contributed by atoms with Gasteiger partial charge in [-0.3, -0.25) is 4.79 Å². The summed E-state index contributed by atoms with van der Waals surface area (Å²) in [6.07, 6.45) is 2.36. The van der Waals surface area contributed by atoms with Crippen LogP contribution in [0, 0.1) is 0 Å². The second kappa shape index (κ2) is 7.74. The van der Waals surface area contributed by atoms with Gasteiger partial charge in [0.05, 0.1) is 11.7 Å². The fourth-order valence-corrected chi connectivity index (χ4v) is 6.45. The second-order valence-corrected chi connectivity index (χ2v) is 10.3. The molecule has 1 aromatic heterocycles. The molecular formula is C16H18N4O4S3. The summed E-state index contributed by atoms with van der Waals surface area (Å²) >= 11 is 2.79. The molecule has 27 heavy (non-hydrogen) atoms. The summed E-state index contributed by atoms with van der Waals surface area (Å²) in [6, 6.07) is 6.29. The summed E-state index contributed by atoms with van der Waals surface area (Å²) in [4.78, 5) is 12.4. The lowest BCUT2D eigenvalue weighted by molar-refractivity contribution is 0.0876. The van der Waals surface area contributed by atoms with Crippen LogP contribution in [0.25, 0.3) is 0 Å². The number of fused-ring (bicyclic) bond motifs is 1. The minimum atomic E-state index is -3.75. The quantitative estimate of drug-likeness (QED) is 0.672. The van der Waals surface area contributed by atoms with Crippen molar-refractivity contribution in [3.8, 4) is 0 Å². The predicted molar refractivity (Wildman–Crippen MR) is 103 cm³/mol. The van der Waals surface area contributed by atoms with Crippen molar-refractivity contribution in [2.45, 2.75) is 28.2 Å². The van der Waals surface area contributed by atoms with Gasteiger partial charge in [0.2, 0.25) is 5.13 Å². The molecule has 0 bridgehead atoms. The van der Waals surface area contributed by atoms with E-state index in [9.17, 15) is 13.2 Å². The van der Waals surface area contributed by atoms with E-state index in [1.54, 1.807) is 18.2 Å². The Labute approximate surface area is 165 Å². The number of carbonyl (C=O) groups is 1. The molecule has 2 aliphatic rings. The van der Waals surface area contributed by atoms with Crippen LogP contribution in [0.15, 0.2) is 33.5 Å². The van der Waals surface area contributed by atoms with E-state index in [2.05, 4.69) is 15.5 Å². The maximum absolute atomic E-state index is 12.5. The van der Waals surface area contributed by atoms with Crippen LogP contribution in [0.1, 0.15) is 23.2 Å². The highest BCUT2D eigenvalue weighted by atomic mass is 32.2. The molecule has 0 unspecified atom stereocenters. The molecule has 1 N–H and O–H groups in total. The molecular weight excluding hydrogens is 408 g/mol. The molecule has 2 aromatic rings. The molecule has 0 spiro atoms. The van der Waals surface area contributed by atoms with Crippen LogP contribution >= 0.6 is 23.1 Å². The van der Waals surface area contributed by atoms with Crippen LogP contribution in [-0.4, -0.2) is 60.4 Å². The molecule has 0 radical (unpaired) electrons. The smallest absolute Gasteiger partial charge is 0.269 e. The number of nitrogens with one attached hydrogen (secondary N) is 1. The Hall–Kier alpha value is -1.69. The number of amides is 1. The largest absolute Gasteiger partial charge is 0.376 e. The number of benzene rings is 1. The Morgan fingerprint density at radius 1 is 1.33 bits per heavy atom. The van der Waals surface area contributed by atoms with E-state index in [4.69, 9.17) is 4.74 Å². The number of carbonyl (C=O) groups excluding carboxylic acids is 1. The summed E-state index contributed by atoms with van der Waals surface area (Å²) in [5.41, 5.74) is 0.235. The number of thioether (sulfide) groups is 1. The molecule has 1 amide bonds. The third kappa shape index (κ3) is 3.82. The van der Waals surface area contributed by atoms with Gasteiger partial charge in [0.25, 0.3) is 15.9 Å². The SMILES string of the molecule is O=C1c2ccccc2S(=O)(=O)N1CCSc1nnc(NC[C@@H]2CCCO2)s1. The van der Waals surface area contributed by atoms with Crippen LogP contribution in [0.2, 0.25) is 0 Å². The van der Waals surface area contributed by atoms with Gasteiger partial charge in [0.15, 0.2) is 4.34 Å². The van der Waals surface area contributed by atoms with Crippen molar-refractivity contribution < 1.29 is 17.9 Å². The molecule has 4 rings (SSSR count). The van der Waals surface area contributed by atoms with Crippen molar-refractivity contribution in [2.24, 2.45) is 0 Å². The fraction of sp³-hybridized carbons (Fsp3) is 0.438. The first-order valence-corrected chi connectivity index (χ1v) is 11.8. The van der Waals surface area contributed by atoms with Gasteiger partial charge in [0, 0.05) is 25.4 Å². The van der Waals surface area contributed by atoms with Crippen molar-refractivity contribution in [1.29, 1.82) is 0 Å². The Balaban J connectivity index is 1.31. The molecule has 3 heterocycles. The zero-order valence-corrected chi connectivity index (χ0v) is 16.8. The van der Waals surface area contributed by atoms with Crippen molar-refractivity contribution in [3.05, 3.63) is 29.8 Å². The summed E-state index contributed by atoms with van der Waals surface area (Å²) in [5, 5.41) is 12.1. The lowest BCUT2D eigenvalue weighted by Gasteiger charge is -2.13. The maximum Gasteiger partial charge on any atom is 0.269 e. The van der Waals surface area contributed by atoms with Gasteiger partial charge >= 0.3 is 0 Å². The van der Waals surface area contributed by atoms with Crippen molar-refractivity contribution in [3.63, 3.8) is 0 Å². The number of aromatic nitrogens is 2. The molecule has 0 saturated carbocycles. The van der Waals surface area contributed by atoms with E-state index in [-0.39, 0.29) is 23.1 Å². The maximum atomic E-state index is 12.5. The summed E-state index contributed by atoms with van der Waals surface area (Å²) in [6.45, 7) is 1.61. The minimum absolute atomic E-state index is 0.0801. The van der Waals surface area contributed by atoms with Gasteiger partial charge in [-0.25, -0.2) is 12.7 Å². The van der Waals surface area contributed by atoms with Gasteiger partial charge in [-0.15, -0.1) is 10.2 Å². The number of nitrogens with zero attached hydrogens (tertiary/aromatic N) is 3. The van der Waals surface area contributed by atoms with Crippen LogP contribution in [-0.2, 0) is 14.8 Å². The van der Waals surface area contributed by atoms with Crippen molar-refractivity contribution >= 4 is 44.2 Å². The molecule has 1 saturated heterocycles. The number of rotatable bonds is 7. The first-order valence-electron chi connectivity index (χ1n) is 8.53. The number of hydrogen-bond acceptors (Lipinski definition) is 9. The first kappa shape index (κ1) is 18.7. The average molecular weight is 427 g/mol. The summed E-state index contributed by atoms with van der Waals surface area (Å²) in [7, 11) is -3.75. The van der Waals surface area contributed by atoms with Gasteiger partial charge < -0.3 is 10.1 Å². The van der Waals surface area contributed by atoms with Crippen LogP contribution in [0.4, 0.5) is 5.13 Å². The monoisotopic (exact) mass is 426 g/mol. The lowest BCUT2D eigenvalue weighted by atomic mass is 10.2. The molecule has 1 aromatic carbocycles. The third-order valence-corrected chi connectivity index (χ3v) is 8.18. The van der Waals surface area contributed by atoms with Gasteiger partial charge in [-0.2, -0.15) is 0 Å². The Kier molecular flexibility index (Phi) is 5.35. The molecule has 1 atom stereocenters. The standard InChI is InChI=1S/C16H18N4O4S3/c21-14-12-5-1-2-6-13(12)27(22,23)20(14)7-9-25-16-19-18-15(26-16)17-10-11-4-3-8-24-11/h1-2,5-6,11H,3-4,7-10H2,(H,17,18)/t11-/m0/s1. The topological polar surface area (TPSA) is 101 Å². The summed E-state index contributed by atoms with van der Waals surface area (Å²) < 4.78 is 32.2. The fourth-order valence-electron chi connectivity index (χ4n) is 3.01. The van der Waals surface area contributed by atoms with Crippen LogP contribution < -0.4 is 5.32 Å². The average Bonchev–Trinajstić information content (AvgIpc) is 3.37.